The molecule has 9 N–H and O–H groups in total. The van der Waals surface area contributed by atoms with Gasteiger partial charge in [0.25, 0.3) is 0 Å². The van der Waals surface area contributed by atoms with Gasteiger partial charge in [-0.15, -0.1) is 0 Å². The number of rotatable bonds is 14. The molecule has 0 fully saturated rings. The number of benzene rings is 1. The van der Waals surface area contributed by atoms with Gasteiger partial charge >= 0.3 is 11.9 Å². The van der Waals surface area contributed by atoms with Crippen molar-refractivity contribution in [2.75, 3.05) is 5.75 Å². The van der Waals surface area contributed by atoms with Crippen molar-refractivity contribution in [1.82, 2.24) is 16.0 Å². The average molecular weight is 498 g/mol. The Morgan fingerprint density at radius 3 is 1.79 bits per heavy atom. The van der Waals surface area contributed by atoms with Crippen LogP contribution >= 0.6 is 12.6 Å². The van der Waals surface area contributed by atoms with E-state index in [1.54, 1.807) is 30.3 Å². The summed E-state index contributed by atoms with van der Waals surface area (Å²) in [5.41, 5.74) is 11.7. The summed E-state index contributed by atoms with van der Waals surface area (Å²) in [5.74, 6) is -7.11. The van der Waals surface area contributed by atoms with E-state index in [1.807, 2.05) is 0 Å². The van der Waals surface area contributed by atoms with Gasteiger partial charge in [0.2, 0.25) is 23.6 Å². The Morgan fingerprint density at radius 1 is 0.824 bits per heavy atom. The number of hydrogen-bond acceptors (Lipinski definition) is 8. The second-order valence-corrected chi connectivity index (χ2v) is 7.63. The Kier molecular flexibility index (Phi) is 11.5. The zero-order valence-electron chi connectivity index (χ0n) is 18.0. The minimum atomic E-state index is -1.64. The molecule has 1 rings (SSSR count). The van der Waals surface area contributed by atoms with E-state index in [0.717, 1.165) is 5.56 Å². The summed E-state index contributed by atoms with van der Waals surface area (Å²) in [7, 11) is 0. The fourth-order valence-corrected chi connectivity index (χ4v) is 3.01. The summed E-state index contributed by atoms with van der Waals surface area (Å²) < 4.78 is 0. The molecule has 0 bridgehead atoms. The SMILES string of the molecule is NC(=O)CC(NC(=O)C(CC(=O)O)NC(=O)C(N)Cc1ccccc1)C(=O)NC(CS)C(=O)O. The highest BCUT2D eigenvalue weighted by atomic mass is 32.1. The van der Waals surface area contributed by atoms with Crippen LogP contribution in [0, 0.1) is 0 Å². The number of hydrogen-bond donors (Lipinski definition) is 8. The van der Waals surface area contributed by atoms with Crippen molar-refractivity contribution in [2.45, 2.75) is 43.4 Å². The minimum absolute atomic E-state index is 0.112. The molecule has 1 aromatic carbocycles. The van der Waals surface area contributed by atoms with Gasteiger partial charge in [0, 0.05) is 5.75 Å². The second kappa shape index (κ2) is 13.8. The molecule has 0 aliphatic rings. The molecule has 13 nitrogen and oxygen atoms in total. The van der Waals surface area contributed by atoms with Gasteiger partial charge < -0.3 is 37.6 Å². The monoisotopic (exact) mass is 497 g/mol. The third-order valence-corrected chi connectivity index (χ3v) is 4.85. The molecule has 1 aromatic rings. The highest BCUT2D eigenvalue weighted by Gasteiger charge is 2.32. The third-order valence-electron chi connectivity index (χ3n) is 4.48. The van der Waals surface area contributed by atoms with Crippen LogP contribution in [0.4, 0.5) is 0 Å². The predicted octanol–water partition coefficient (Wildman–Crippen LogP) is -2.62. The van der Waals surface area contributed by atoms with Gasteiger partial charge in [0.1, 0.15) is 18.1 Å². The van der Waals surface area contributed by atoms with Crippen molar-refractivity contribution in [1.29, 1.82) is 0 Å². The summed E-state index contributed by atoms with van der Waals surface area (Å²) in [6.07, 6.45) is -1.45. The van der Waals surface area contributed by atoms with Gasteiger partial charge in [-0.25, -0.2) is 4.79 Å². The Morgan fingerprint density at radius 2 is 1.32 bits per heavy atom. The number of nitrogens with two attached hydrogens (primary N) is 2. The number of carboxylic acids is 2. The van der Waals surface area contributed by atoms with Crippen LogP contribution in [0.1, 0.15) is 18.4 Å². The van der Waals surface area contributed by atoms with Crippen LogP contribution in [-0.2, 0) is 35.2 Å². The highest BCUT2D eigenvalue weighted by molar-refractivity contribution is 7.80. The van der Waals surface area contributed by atoms with Gasteiger partial charge in [-0.1, -0.05) is 30.3 Å². The fourth-order valence-electron chi connectivity index (χ4n) is 2.76. The molecule has 4 unspecified atom stereocenters. The molecule has 0 aliphatic heterocycles. The molecule has 14 heteroatoms. The number of nitrogens with one attached hydrogen (secondary N) is 3. The van der Waals surface area contributed by atoms with Crippen molar-refractivity contribution >= 4 is 48.2 Å². The second-order valence-electron chi connectivity index (χ2n) is 7.27. The van der Waals surface area contributed by atoms with Gasteiger partial charge in [-0.2, -0.15) is 12.6 Å². The average Bonchev–Trinajstić information content (AvgIpc) is 2.75. The third kappa shape index (κ3) is 9.87. The van der Waals surface area contributed by atoms with E-state index in [9.17, 15) is 28.8 Å². The summed E-state index contributed by atoms with van der Waals surface area (Å²) in [6.45, 7) is 0. The maximum absolute atomic E-state index is 12.7. The van der Waals surface area contributed by atoms with Gasteiger partial charge in [-0.3, -0.25) is 24.0 Å². The number of primary amides is 1. The largest absolute Gasteiger partial charge is 0.481 e. The van der Waals surface area contributed by atoms with E-state index >= 15 is 0 Å². The maximum Gasteiger partial charge on any atom is 0.327 e. The van der Waals surface area contributed by atoms with Crippen LogP contribution in [0.15, 0.2) is 30.3 Å². The molecule has 0 radical (unpaired) electrons. The summed E-state index contributed by atoms with van der Waals surface area (Å²) >= 11 is 3.80. The Labute approximate surface area is 200 Å². The van der Waals surface area contributed by atoms with E-state index in [4.69, 9.17) is 21.7 Å². The maximum atomic E-state index is 12.7. The molecule has 0 saturated carbocycles. The van der Waals surface area contributed by atoms with E-state index in [1.165, 1.54) is 0 Å². The van der Waals surface area contributed by atoms with E-state index in [0.29, 0.717) is 0 Å². The zero-order chi connectivity index (χ0) is 25.8. The molecule has 4 amide bonds. The lowest BCUT2D eigenvalue weighted by atomic mass is 10.0. The number of carbonyl (C=O) groups is 6. The Hall–Kier alpha value is -3.65. The van der Waals surface area contributed by atoms with E-state index in [2.05, 4.69) is 28.6 Å². The number of amides is 4. The van der Waals surface area contributed by atoms with Crippen LogP contribution in [-0.4, -0.2) is 75.7 Å². The highest BCUT2D eigenvalue weighted by Crippen LogP contribution is 2.04. The summed E-state index contributed by atoms with van der Waals surface area (Å²) in [4.78, 5) is 71.3. The predicted molar refractivity (Wildman–Crippen MR) is 121 cm³/mol. The Balaban J connectivity index is 2.94. The first-order valence-electron chi connectivity index (χ1n) is 9.99. The standard InChI is InChI=1S/C20H27N5O8S/c21-11(6-10-4-2-1-3-5-10)17(29)23-13(8-16(27)28)19(31)24-12(7-15(22)26)18(30)25-14(9-34)20(32)33/h1-5,11-14,34H,6-9,21H2,(H2,22,26)(H,23,29)(H,24,31)(H,25,30)(H,27,28)(H,32,33). The van der Waals surface area contributed by atoms with Crippen LogP contribution in [0.2, 0.25) is 0 Å². The summed E-state index contributed by atoms with van der Waals surface area (Å²) in [5, 5.41) is 24.6. The molecule has 0 aromatic heterocycles. The van der Waals surface area contributed by atoms with Crippen molar-refractivity contribution in [3.63, 3.8) is 0 Å². The zero-order valence-corrected chi connectivity index (χ0v) is 18.9. The molecule has 0 saturated heterocycles. The van der Waals surface area contributed by atoms with Crippen LogP contribution < -0.4 is 27.4 Å². The molecule has 0 heterocycles. The molecule has 34 heavy (non-hydrogen) atoms. The first-order chi connectivity index (χ1) is 15.9. The van der Waals surface area contributed by atoms with Crippen molar-refractivity contribution in [3.05, 3.63) is 35.9 Å². The topological polar surface area (TPSA) is 231 Å². The van der Waals surface area contributed by atoms with Gasteiger partial charge in [-0.05, 0) is 12.0 Å². The molecule has 186 valence electrons. The molecular weight excluding hydrogens is 470 g/mol. The molecule has 0 aliphatic carbocycles. The van der Waals surface area contributed by atoms with Crippen molar-refractivity contribution in [3.8, 4) is 0 Å². The quantitative estimate of drug-likeness (QED) is 0.125. The minimum Gasteiger partial charge on any atom is -0.481 e. The number of carbonyl (C=O) groups excluding carboxylic acids is 4. The summed E-state index contributed by atoms with van der Waals surface area (Å²) in [6, 6.07) is 2.92. The fraction of sp³-hybridized carbons (Fsp3) is 0.400. The van der Waals surface area contributed by atoms with Crippen molar-refractivity contribution in [2.24, 2.45) is 11.5 Å². The molecule has 4 atom stereocenters. The van der Waals surface area contributed by atoms with Crippen LogP contribution in [0.5, 0.6) is 0 Å². The number of thiol groups is 1. The first-order valence-corrected chi connectivity index (χ1v) is 10.6. The lowest BCUT2D eigenvalue weighted by Crippen LogP contribution is -2.58. The van der Waals surface area contributed by atoms with E-state index < -0.39 is 72.6 Å². The van der Waals surface area contributed by atoms with Crippen LogP contribution in [0.3, 0.4) is 0 Å². The van der Waals surface area contributed by atoms with E-state index in [-0.39, 0.29) is 12.2 Å². The van der Waals surface area contributed by atoms with Gasteiger partial charge in [0.15, 0.2) is 0 Å². The molecule has 0 spiro atoms. The Bertz CT molecular complexity index is 913. The lowest BCUT2D eigenvalue weighted by molar-refractivity contribution is -0.143. The van der Waals surface area contributed by atoms with Gasteiger partial charge in [0.05, 0.1) is 18.9 Å². The lowest BCUT2D eigenvalue weighted by Gasteiger charge is -2.24. The normalized spacial score (nSPS) is 14.1. The smallest absolute Gasteiger partial charge is 0.327 e. The van der Waals surface area contributed by atoms with Crippen molar-refractivity contribution < 1.29 is 39.0 Å². The first kappa shape index (κ1) is 28.4. The molecular formula is C20H27N5O8S. The van der Waals surface area contributed by atoms with Crippen LogP contribution in [0.25, 0.3) is 0 Å². The number of carboxylic acid groups (broad SMARTS) is 2. The number of aliphatic carboxylic acids is 2.